The third-order valence-corrected chi connectivity index (χ3v) is 5.43. The van der Waals surface area contributed by atoms with E-state index < -0.39 is 6.10 Å². The van der Waals surface area contributed by atoms with Gasteiger partial charge in [0.2, 0.25) is 0 Å². The Kier molecular flexibility index (Phi) is 6.50. The lowest BCUT2D eigenvalue weighted by Gasteiger charge is -2.28. The number of hydrogen-bond donors (Lipinski definition) is 2. The predicted octanol–water partition coefficient (Wildman–Crippen LogP) is 4.33. The van der Waals surface area contributed by atoms with Crippen LogP contribution in [-0.2, 0) is 0 Å². The van der Waals surface area contributed by atoms with Gasteiger partial charge in [0.15, 0.2) is 0 Å². The molecular weight excluding hydrogens is 408 g/mol. The number of aryl methyl sites for hydroxylation is 1. The Labute approximate surface area is 168 Å². The van der Waals surface area contributed by atoms with Crippen LogP contribution in [0.25, 0.3) is 0 Å². The van der Waals surface area contributed by atoms with Crippen molar-refractivity contribution in [1.29, 1.82) is 0 Å². The number of rotatable bonds is 5. The smallest absolute Gasteiger partial charge is 0.251 e. The number of nitrogens with zero attached hydrogens (tertiary/aromatic N) is 1. The van der Waals surface area contributed by atoms with Gasteiger partial charge in [-0.15, -0.1) is 0 Å². The molecule has 1 unspecified atom stereocenters. The zero-order valence-electron chi connectivity index (χ0n) is 15.6. The Bertz CT molecular complexity index is 812. The molecular formula is C21H25BrN2O3. The molecule has 1 aliphatic rings. The maximum Gasteiger partial charge on any atom is 0.251 e. The summed E-state index contributed by atoms with van der Waals surface area (Å²) in [6, 6.07) is 7.23. The van der Waals surface area contributed by atoms with Gasteiger partial charge in [-0.3, -0.25) is 9.78 Å². The van der Waals surface area contributed by atoms with Crippen molar-refractivity contribution in [3.63, 3.8) is 0 Å². The van der Waals surface area contributed by atoms with Gasteiger partial charge in [-0.05, 0) is 66.4 Å². The first-order valence-corrected chi connectivity index (χ1v) is 10.1. The molecule has 0 bridgehead atoms. The van der Waals surface area contributed by atoms with E-state index in [1.54, 1.807) is 24.5 Å². The zero-order valence-corrected chi connectivity index (χ0v) is 17.2. The molecule has 0 radical (unpaired) electrons. The number of benzene rings is 1. The van der Waals surface area contributed by atoms with E-state index in [0.29, 0.717) is 11.3 Å². The second-order valence-electron chi connectivity index (χ2n) is 7.11. The Morgan fingerprint density at radius 3 is 2.81 bits per heavy atom. The highest BCUT2D eigenvalue weighted by atomic mass is 79.9. The molecule has 3 rings (SSSR count). The van der Waals surface area contributed by atoms with Crippen molar-refractivity contribution in [1.82, 2.24) is 10.3 Å². The topological polar surface area (TPSA) is 71.5 Å². The molecule has 1 aromatic carbocycles. The quantitative estimate of drug-likeness (QED) is 0.737. The predicted molar refractivity (Wildman–Crippen MR) is 108 cm³/mol. The third-order valence-electron chi connectivity index (χ3n) is 5.00. The van der Waals surface area contributed by atoms with Crippen LogP contribution in [0.1, 0.15) is 60.2 Å². The number of aliphatic hydroxyl groups excluding tert-OH is 1. The number of pyridine rings is 1. The number of hydrogen-bond acceptors (Lipinski definition) is 4. The van der Waals surface area contributed by atoms with Crippen LogP contribution in [-0.4, -0.2) is 28.1 Å². The molecule has 2 aromatic rings. The second-order valence-corrected chi connectivity index (χ2v) is 8.02. The molecule has 1 fully saturated rings. The summed E-state index contributed by atoms with van der Waals surface area (Å²) in [7, 11) is 0. The molecule has 0 spiro atoms. The van der Waals surface area contributed by atoms with E-state index in [1.807, 2.05) is 26.0 Å². The molecule has 144 valence electrons. The number of halogens is 1. The summed E-state index contributed by atoms with van der Waals surface area (Å²) in [6.45, 7) is 3.90. The number of amides is 1. The summed E-state index contributed by atoms with van der Waals surface area (Å²) >= 11 is 3.42. The summed E-state index contributed by atoms with van der Waals surface area (Å²) in [5.74, 6) is 0.488. The third kappa shape index (κ3) is 5.08. The van der Waals surface area contributed by atoms with Crippen LogP contribution in [0.4, 0.5) is 0 Å². The highest BCUT2D eigenvalue weighted by molar-refractivity contribution is 9.10. The van der Waals surface area contributed by atoms with E-state index in [0.717, 1.165) is 41.3 Å². The Morgan fingerprint density at radius 1 is 1.30 bits per heavy atom. The number of nitrogens with one attached hydrogen (secondary N) is 1. The largest absolute Gasteiger partial charge is 0.486 e. The molecule has 3 atom stereocenters. The number of aromatic nitrogens is 1. The lowest BCUT2D eigenvalue weighted by Crippen LogP contribution is -2.45. The molecule has 2 N–H and O–H groups in total. The average molecular weight is 433 g/mol. The number of carbonyl (C=O) groups is 1. The first-order valence-electron chi connectivity index (χ1n) is 9.30. The minimum atomic E-state index is -0.465. The fraction of sp³-hybridized carbons (Fsp3) is 0.429. The van der Waals surface area contributed by atoms with Crippen molar-refractivity contribution < 1.29 is 14.6 Å². The number of carbonyl (C=O) groups excluding carboxylic acids is 1. The highest BCUT2D eigenvalue weighted by Crippen LogP contribution is 2.27. The molecule has 1 amide bonds. The lowest BCUT2D eigenvalue weighted by molar-refractivity contribution is 0.0717. The molecule has 1 heterocycles. The van der Waals surface area contributed by atoms with E-state index in [-0.39, 0.29) is 18.1 Å². The van der Waals surface area contributed by atoms with Gasteiger partial charge in [-0.1, -0.05) is 18.9 Å². The lowest BCUT2D eigenvalue weighted by atomic mass is 9.92. The summed E-state index contributed by atoms with van der Waals surface area (Å²) in [4.78, 5) is 16.8. The first-order chi connectivity index (χ1) is 12.9. The fourth-order valence-electron chi connectivity index (χ4n) is 3.31. The van der Waals surface area contributed by atoms with Crippen molar-refractivity contribution >= 4 is 21.8 Å². The molecule has 1 aliphatic carbocycles. The van der Waals surface area contributed by atoms with Crippen LogP contribution in [0.5, 0.6) is 5.75 Å². The van der Waals surface area contributed by atoms with Crippen molar-refractivity contribution in [2.24, 2.45) is 0 Å². The standard InChI is InChI=1S/C21H25BrN2O3/c1-13-7-8-15(21(26)24-18-5-3-4-6-19(18)25)10-20(13)27-14(2)16-9-17(22)12-23-11-16/h7-12,14,18-19,25H,3-6H2,1-2H3,(H,24,26)/t14?,18-,19-/m0/s1. The van der Waals surface area contributed by atoms with Gasteiger partial charge in [0.1, 0.15) is 11.9 Å². The fourth-order valence-corrected chi connectivity index (χ4v) is 3.69. The van der Waals surface area contributed by atoms with Crippen LogP contribution >= 0.6 is 15.9 Å². The zero-order chi connectivity index (χ0) is 19.4. The van der Waals surface area contributed by atoms with Crippen molar-refractivity contribution in [2.75, 3.05) is 0 Å². The van der Waals surface area contributed by atoms with Crippen LogP contribution in [0.15, 0.2) is 41.1 Å². The maximum absolute atomic E-state index is 12.6. The van der Waals surface area contributed by atoms with E-state index >= 15 is 0 Å². The molecule has 1 saturated carbocycles. The van der Waals surface area contributed by atoms with Gasteiger partial charge < -0.3 is 15.2 Å². The average Bonchev–Trinajstić information content (AvgIpc) is 2.65. The molecule has 5 nitrogen and oxygen atoms in total. The summed E-state index contributed by atoms with van der Waals surface area (Å²) in [6.07, 6.45) is 6.43. The van der Waals surface area contributed by atoms with Crippen LogP contribution in [0.2, 0.25) is 0 Å². The highest BCUT2D eigenvalue weighted by Gasteiger charge is 2.25. The van der Waals surface area contributed by atoms with Crippen molar-refractivity contribution in [2.45, 2.75) is 57.8 Å². The second kappa shape index (κ2) is 8.85. The van der Waals surface area contributed by atoms with Gasteiger partial charge in [0, 0.05) is 28.0 Å². The SMILES string of the molecule is Cc1ccc(C(=O)N[C@H]2CCCC[C@@H]2O)cc1OC(C)c1cncc(Br)c1. The van der Waals surface area contributed by atoms with E-state index in [9.17, 15) is 9.90 Å². The van der Waals surface area contributed by atoms with E-state index in [4.69, 9.17) is 4.74 Å². The Balaban J connectivity index is 1.72. The molecule has 1 aromatic heterocycles. The van der Waals surface area contributed by atoms with Gasteiger partial charge >= 0.3 is 0 Å². The first kappa shape index (κ1) is 19.8. The van der Waals surface area contributed by atoms with Crippen LogP contribution in [0, 0.1) is 6.92 Å². The van der Waals surface area contributed by atoms with Gasteiger partial charge in [0.25, 0.3) is 5.91 Å². The van der Waals surface area contributed by atoms with Crippen molar-refractivity contribution in [3.05, 3.63) is 57.8 Å². The Morgan fingerprint density at radius 2 is 2.07 bits per heavy atom. The summed E-state index contributed by atoms with van der Waals surface area (Å²) in [5, 5.41) is 13.0. The maximum atomic E-state index is 12.6. The molecule has 0 aliphatic heterocycles. The van der Waals surface area contributed by atoms with Gasteiger partial charge in [0.05, 0.1) is 12.1 Å². The number of aliphatic hydroxyl groups is 1. The summed E-state index contributed by atoms with van der Waals surface area (Å²) in [5.41, 5.74) is 2.44. The van der Waals surface area contributed by atoms with Gasteiger partial charge in [-0.2, -0.15) is 0 Å². The minimum Gasteiger partial charge on any atom is -0.486 e. The molecule has 0 saturated heterocycles. The van der Waals surface area contributed by atoms with Gasteiger partial charge in [-0.25, -0.2) is 0 Å². The van der Waals surface area contributed by atoms with Crippen LogP contribution in [0.3, 0.4) is 0 Å². The van der Waals surface area contributed by atoms with Crippen molar-refractivity contribution in [3.8, 4) is 5.75 Å². The normalized spacial score (nSPS) is 20.7. The summed E-state index contributed by atoms with van der Waals surface area (Å²) < 4.78 is 6.99. The van der Waals surface area contributed by atoms with Crippen LogP contribution < -0.4 is 10.1 Å². The molecule has 27 heavy (non-hydrogen) atoms. The monoisotopic (exact) mass is 432 g/mol. The van der Waals surface area contributed by atoms with E-state index in [1.165, 1.54) is 0 Å². The number of ether oxygens (including phenoxy) is 1. The van der Waals surface area contributed by atoms with E-state index in [2.05, 4.69) is 26.2 Å². The minimum absolute atomic E-state index is 0.177. The Hall–Kier alpha value is -1.92. The molecule has 6 heteroatoms.